The Morgan fingerprint density at radius 1 is 0.245 bits per heavy atom. The van der Waals surface area contributed by atoms with Crippen molar-refractivity contribution in [1.29, 1.82) is 0 Å². The molecule has 0 aliphatic carbocycles. The molecule has 0 atom stereocenters. The maximum absolute atomic E-state index is 11.9. The average Bonchev–Trinajstić information content (AvgIpc) is 1.61. The predicted molar refractivity (Wildman–Crippen MR) is 423 cm³/mol. The molecule has 548 valence electrons. The van der Waals surface area contributed by atoms with E-state index >= 15 is 0 Å². The predicted octanol–water partition coefficient (Wildman–Crippen LogP) is 33.1. The summed E-state index contributed by atoms with van der Waals surface area (Å²) in [6, 6.07) is 18.0. The van der Waals surface area contributed by atoms with E-state index in [1.54, 1.807) is 4.70 Å². The third-order valence-corrected chi connectivity index (χ3v) is 20.4. The Morgan fingerprint density at radius 3 is 0.777 bits per heavy atom. The zero-order valence-electron chi connectivity index (χ0n) is 64.6. The maximum Gasteiger partial charge on any atom is 2.00 e. The summed E-state index contributed by atoms with van der Waals surface area (Å²) in [5.74, 6) is 0. The van der Waals surface area contributed by atoms with Gasteiger partial charge in [-0.2, -0.15) is 12.8 Å². The van der Waals surface area contributed by atoms with Crippen LogP contribution in [0.1, 0.15) is 481 Å². The van der Waals surface area contributed by atoms with Gasteiger partial charge in [0.15, 0.2) is 0 Å². The molecule has 0 fully saturated rings. The Balaban J connectivity index is 0.00000142. The number of hydrogen-bond acceptors (Lipinski definition) is 0. The van der Waals surface area contributed by atoms with Crippen LogP contribution in [0, 0.1) is 13.8 Å². The average molecular weight is 1350 g/mol. The first-order valence-electron chi connectivity index (χ1n) is 42.7. The monoisotopic (exact) mass is 1340 g/mol. The summed E-state index contributed by atoms with van der Waals surface area (Å²) in [4.78, 5) is 0. The van der Waals surface area contributed by atoms with Crippen LogP contribution >= 0.6 is 0 Å². The molecule has 2 aromatic rings. The second kappa shape index (κ2) is 73.7. The molecule has 0 saturated carbocycles. The molecule has 0 amide bonds. The van der Waals surface area contributed by atoms with E-state index in [2.05, 4.69) is 104 Å². The van der Waals surface area contributed by atoms with Crippen molar-refractivity contribution in [2.75, 3.05) is 0 Å². The molecule has 0 aromatic heterocycles. The largest absolute Gasteiger partial charge is 2.00 e. The minimum atomic E-state index is 0. The van der Waals surface area contributed by atoms with E-state index in [0.717, 1.165) is 55.5 Å². The van der Waals surface area contributed by atoms with Gasteiger partial charge in [0.25, 0.3) is 0 Å². The quantitative estimate of drug-likeness (QED) is 0.0273. The number of unbranched alkanes of at least 4 members (excludes halogenated alkanes) is 57. The van der Waals surface area contributed by atoms with E-state index < -0.39 is 0 Å². The van der Waals surface area contributed by atoms with Crippen LogP contribution in [0.5, 0.6) is 0 Å². The number of allylic oxidation sites excluding steroid dienone is 2. The number of benzene rings is 2. The summed E-state index contributed by atoms with van der Waals surface area (Å²) in [5, 5.41) is 0. The van der Waals surface area contributed by atoms with Crippen LogP contribution in [0.2, 0.25) is 0 Å². The number of hydrogen-bond donors (Lipinski definition) is 0. The van der Waals surface area contributed by atoms with Crippen LogP contribution in [0.25, 0.3) is 16.9 Å². The SMILES string of the molecule is CCCCCCC1=C(c2cccc(CCCCCC)c2)[N+](=[N-])C(c2ccc(CCCC)cc2)=C1CCCCC.[CH2-]CCCCCCCCCCCCCCCCCCCCCCCCCC.[CH2-]CCCCCCCCCCCCCCCCCCCCCCCCCC.[Ni+2]. The third kappa shape index (κ3) is 53.9. The minimum absolute atomic E-state index is 0. The molecular weight excluding hydrogens is 1180 g/mol. The first-order valence-corrected chi connectivity index (χ1v) is 42.7. The first-order chi connectivity index (χ1) is 46.0. The Labute approximate surface area is 601 Å². The van der Waals surface area contributed by atoms with Gasteiger partial charge >= 0.3 is 16.5 Å². The molecule has 0 N–H and O–H groups in total. The van der Waals surface area contributed by atoms with Crippen molar-refractivity contribution < 1.29 is 21.2 Å². The van der Waals surface area contributed by atoms with Crippen LogP contribution in [-0.2, 0) is 29.3 Å². The maximum atomic E-state index is 11.9. The van der Waals surface area contributed by atoms with Crippen molar-refractivity contribution in [1.82, 2.24) is 0 Å². The van der Waals surface area contributed by atoms with Crippen LogP contribution in [-0.4, -0.2) is 4.70 Å². The van der Waals surface area contributed by atoms with Gasteiger partial charge in [0, 0.05) is 22.3 Å². The second-order valence-electron chi connectivity index (χ2n) is 29.5. The van der Waals surface area contributed by atoms with Gasteiger partial charge in [0.05, 0.1) is 0 Å². The zero-order valence-corrected chi connectivity index (χ0v) is 65.6. The molecule has 0 saturated heterocycles. The summed E-state index contributed by atoms with van der Waals surface area (Å²) in [6.45, 7) is 21.5. The van der Waals surface area contributed by atoms with Gasteiger partial charge in [-0.25, -0.2) is 4.70 Å². The fourth-order valence-corrected chi connectivity index (χ4v) is 14.2. The normalized spacial score (nSPS) is 12.2. The number of nitrogens with zero attached hydrogens (tertiary/aromatic N) is 2. The minimum Gasteiger partial charge on any atom is -0.493 e. The first kappa shape index (κ1) is 92.0. The number of rotatable bonds is 67. The molecule has 94 heavy (non-hydrogen) atoms. The van der Waals surface area contributed by atoms with E-state index in [1.807, 2.05) is 0 Å². The van der Waals surface area contributed by atoms with Crippen molar-refractivity contribution >= 4 is 11.4 Å². The van der Waals surface area contributed by atoms with Crippen LogP contribution in [0.4, 0.5) is 0 Å². The molecule has 2 nitrogen and oxygen atoms in total. The summed E-state index contributed by atoms with van der Waals surface area (Å²) < 4.78 is 1.56. The molecule has 2 aromatic carbocycles. The molecule has 0 radical (unpaired) electrons. The molecule has 0 unspecified atom stereocenters. The molecule has 1 aliphatic heterocycles. The zero-order chi connectivity index (χ0) is 67.2. The summed E-state index contributed by atoms with van der Waals surface area (Å²) in [7, 11) is 0. The van der Waals surface area contributed by atoms with Crippen LogP contribution in [0.15, 0.2) is 59.7 Å². The standard InChI is InChI=1S/C37H54N2.2C27H55.Ni/c1-5-9-13-16-20-31-21-18-22-33(29-31)37-35(24-17-14-10-6-2)34(23-15-11-7-3)36(39(37)38)32-27-25-30(26-28-32)19-12-8-4;2*1-3-5-7-9-11-13-15-17-19-21-23-25-27-26-24-22-20-18-16-14-12-10-8-6-4-2;/h18,21-22,25-29H,5-17,19-20,23-24H2,1-4H3;2*1,3-27H2,2H3;/q;2*-1;+2. The fourth-order valence-electron chi connectivity index (χ4n) is 14.2. The van der Waals surface area contributed by atoms with Crippen molar-refractivity contribution in [3.8, 4) is 0 Å². The van der Waals surface area contributed by atoms with Crippen molar-refractivity contribution in [2.24, 2.45) is 0 Å². The van der Waals surface area contributed by atoms with Gasteiger partial charge in [0.2, 0.25) is 11.4 Å². The molecule has 1 heterocycles. The van der Waals surface area contributed by atoms with E-state index in [-0.39, 0.29) is 16.5 Å². The van der Waals surface area contributed by atoms with Crippen LogP contribution < -0.4 is 0 Å². The van der Waals surface area contributed by atoms with Gasteiger partial charge in [-0.05, 0) is 86.8 Å². The van der Waals surface area contributed by atoms with Crippen molar-refractivity contribution in [2.45, 2.75) is 472 Å². The van der Waals surface area contributed by atoms with Crippen molar-refractivity contribution in [3.05, 3.63) is 101 Å². The number of aryl methyl sites for hydroxylation is 2. The van der Waals surface area contributed by atoms with E-state index in [0.29, 0.717) is 0 Å². The van der Waals surface area contributed by atoms with E-state index in [9.17, 15) is 5.53 Å². The van der Waals surface area contributed by atoms with E-state index in [1.165, 1.54) is 420 Å². The summed E-state index contributed by atoms with van der Waals surface area (Å²) >= 11 is 0. The summed E-state index contributed by atoms with van der Waals surface area (Å²) in [5.41, 5.74) is 21.8. The summed E-state index contributed by atoms with van der Waals surface area (Å²) in [6.07, 6.45) is 93.0. The molecule has 0 spiro atoms. The van der Waals surface area contributed by atoms with Crippen LogP contribution in [0.3, 0.4) is 0 Å². The van der Waals surface area contributed by atoms with Gasteiger partial charge < -0.3 is 19.4 Å². The van der Waals surface area contributed by atoms with Gasteiger partial charge in [-0.15, -0.1) is 0 Å². The van der Waals surface area contributed by atoms with E-state index in [4.69, 9.17) is 0 Å². The smallest absolute Gasteiger partial charge is 0.493 e. The van der Waals surface area contributed by atoms with Gasteiger partial charge in [-0.3, -0.25) is 0 Å². The Hall–Kier alpha value is -1.99. The molecule has 0 bridgehead atoms. The second-order valence-corrected chi connectivity index (χ2v) is 29.5. The van der Waals surface area contributed by atoms with Crippen molar-refractivity contribution in [3.63, 3.8) is 0 Å². The molecule has 3 heteroatoms. The topological polar surface area (TPSA) is 25.3 Å². The van der Waals surface area contributed by atoms with Gasteiger partial charge in [0.1, 0.15) is 0 Å². The Bertz CT molecular complexity index is 1820. The molecular formula is C91H164N2Ni. The molecule has 3 rings (SSSR count). The fraction of sp³-hybridized carbons (Fsp3) is 0.802. The third-order valence-electron chi connectivity index (χ3n) is 20.4. The molecule has 1 aliphatic rings. The van der Waals surface area contributed by atoms with Gasteiger partial charge in [-0.1, -0.05) is 432 Å². The Kier molecular flexibility index (Phi) is 72.2. The Morgan fingerprint density at radius 2 is 0.479 bits per heavy atom.